The number of amides is 5. The van der Waals surface area contributed by atoms with Gasteiger partial charge in [0.2, 0.25) is 17.7 Å². The minimum absolute atomic E-state index is 0.0256. The van der Waals surface area contributed by atoms with Crippen molar-refractivity contribution in [3.05, 3.63) is 70.6 Å². The summed E-state index contributed by atoms with van der Waals surface area (Å²) >= 11 is 9.66. The van der Waals surface area contributed by atoms with Crippen LogP contribution in [0.4, 0.5) is 15.9 Å². The summed E-state index contributed by atoms with van der Waals surface area (Å²) in [7, 11) is 0. The number of aliphatic hydroxyl groups excluding tert-OH is 1. The van der Waals surface area contributed by atoms with E-state index in [2.05, 4.69) is 42.7 Å². The number of aromatic nitrogens is 3. The predicted molar refractivity (Wildman–Crippen MR) is 279 cm³/mol. The van der Waals surface area contributed by atoms with Gasteiger partial charge in [0.05, 0.1) is 45.3 Å². The van der Waals surface area contributed by atoms with Gasteiger partial charge in [0.25, 0.3) is 11.8 Å². The molecule has 3 aliphatic heterocycles. The van der Waals surface area contributed by atoms with Crippen molar-refractivity contribution in [3.63, 3.8) is 0 Å². The first-order chi connectivity index (χ1) is 34.7. The second kappa shape index (κ2) is 22.6. The third kappa shape index (κ3) is 13.1. The fourth-order valence-corrected chi connectivity index (χ4v) is 11.3. The molecule has 4 aliphatic rings. The number of carbonyl (C=O) groups is 5. The Kier molecular flexibility index (Phi) is 16.7. The number of anilines is 2. The van der Waals surface area contributed by atoms with E-state index < -0.39 is 47.0 Å². The Morgan fingerprint density at radius 3 is 2.41 bits per heavy atom. The van der Waals surface area contributed by atoms with Gasteiger partial charge in [-0.05, 0) is 92.5 Å². The van der Waals surface area contributed by atoms with Gasteiger partial charge in [0, 0.05) is 62.6 Å². The average Bonchev–Trinajstić information content (AvgIpc) is 3.78. The quantitative estimate of drug-likeness (QED) is 0.0759. The van der Waals surface area contributed by atoms with E-state index in [4.69, 9.17) is 22.1 Å². The molecule has 1 aliphatic carbocycles. The van der Waals surface area contributed by atoms with Crippen molar-refractivity contribution in [1.29, 1.82) is 0 Å². The van der Waals surface area contributed by atoms with Crippen LogP contribution in [0.25, 0.3) is 10.4 Å². The molecule has 6 N–H and O–H groups in total. The number of likely N-dealkylation sites (tertiary alicyclic amines) is 2. The smallest absolute Gasteiger partial charge is 0.260 e. The number of hydrogen-bond acceptors (Lipinski definition) is 14. The van der Waals surface area contributed by atoms with E-state index in [1.165, 1.54) is 28.0 Å². The van der Waals surface area contributed by atoms with Gasteiger partial charge >= 0.3 is 0 Å². The van der Waals surface area contributed by atoms with Crippen molar-refractivity contribution < 1.29 is 38.2 Å². The number of thiazole rings is 1. The summed E-state index contributed by atoms with van der Waals surface area (Å²) < 4.78 is 20.9. The number of ether oxygens (including phenoxy) is 1. The van der Waals surface area contributed by atoms with Crippen LogP contribution < -0.4 is 31.3 Å². The maximum Gasteiger partial charge on any atom is 0.260 e. The van der Waals surface area contributed by atoms with Gasteiger partial charge in [-0.3, -0.25) is 24.0 Å². The maximum absolute atomic E-state index is 14.7. The number of hydrogen-bond donors (Lipinski definition) is 5. The van der Waals surface area contributed by atoms with Gasteiger partial charge in [0.15, 0.2) is 12.3 Å². The zero-order valence-electron chi connectivity index (χ0n) is 42.0. The van der Waals surface area contributed by atoms with E-state index in [-0.39, 0.29) is 68.5 Å². The summed E-state index contributed by atoms with van der Waals surface area (Å²) in [6, 6.07) is 8.79. The lowest BCUT2D eigenvalue weighted by molar-refractivity contribution is -0.145. The van der Waals surface area contributed by atoms with Crippen LogP contribution in [0.1, 0.15) is 90.3 Å². The summed E-state index contributed by atoms with van der Waals surface area (Å²) in [6.07, 6.45) is 6.19. The Hall–Kier alpha value is -5.41. The molecule has 4 aromatic rings. The number of nitrogens with zero attached hydrogens (tertiary/aromatic N) is 6. The molecule has 8 rings (SSSR count). The van der Waals surface area contributed by atoms with Crippen LogP contribution in [0.2, 0.25) is 5.02 Å². The molecule has 3 atom stereocenters. The van der Waals surface area contributed by atoms with Gasteiger partial charge in [-0.2, -0.15) is 0 Å². The molecule has 0 radical (unpaired) electrons. The number of rotatable bonds is 17. The van der Waals surface area contributed by atoms with Gasteiger partial charge < -0.3 is 46.2 Å². The van der Waals surface area contributed by atoms with E-state index in [0.717, 1.165) is 52.8 Å². The van der Waals surface area contributed by atoms with Crippen LogP contribution in [0.5, 0.6) is 5.75 Å². The maximum atomic E-state index is 14.7. The van der Waals surface area contributed by atoms with Crippen LogP contribution >= 0.6 is 34.7 Å². The lowest BCUT2D eigenvalue weighted by Crippen LogP contribution is -2.59. The molecule has 4 fully saturated rings. The molecule has 2 aromatic carbocycles. The molecular weight excluding hydrogens is 995 g/mol. The number of halogens is 2. The molecular formula is C52H66ClFN10O7S2. The number of β-amino-alcohol motifs (C(OH)–C–C–N with tert-alkyl or cyclic N) is 1. The first-order valence-corrected chi connectivity index (χ1v) is 27.0. The highest BCUT2D eigenvalue weighted by atomic mass is 35.5. The van der Waals surface area contributed by atoms with Crippen molar-refractivity contribution in [2.75, 3.05) is 56.1 Å². The zero-order chi connectivity index (χ0) is 52.2. The summed E-state index contributed by atoms with van der Waals surface area (Å²) in [6.45, 7) is 12.2. The van der Waals surface area contributed by atoms with Crippen molar-refractivity contribution in [1.82, 2.24) is 35.4 Å². The van der Waals surface area contributed by atoms with Crippen molar-refractivity contribution >= 4 is 75.7 Å². The third-order valence-corrected chi connectivity index (χ3v) is 17.0. The Balaban J connectivity index is 0.834. The van der Waals surface area contributed by atoms with Crippen molar-refractivity contribution in [2.45, 2.75) is 126 Å². The normalized spacial score (nSPS) is 20.0. The molecule has 3 saturated heterocycles. The van der Waals surface area contributed by atoms with Crippen LogP contribution in [-0.4, -0.2) is 129 Å². The highest BCUT2D eigenvalue weighted by molar-refractivity contribution is 7.99. The van der Waals surface area contributed by atoms with Gasteiger partial charge in [-0.25, -0.2) is 19.3 Å². The SMILES string of the molecule is Cc1ncsc1-c1ccc(CNC(=O)C2CC(O)CN2C(=O)[C@@H](NC(=O)C2(F)CC2)C(C)(C)C)c(OCC(=O)N2CCC(CC(=O)Nc3cccc(Sc4cnc(N5CCC(C)(CN)CC5)cn4)c3Cl)CC2)c1. The molecule has 2 aromatic heterocycles. The number of piperidine rings is 2. The number of nitrogens with one attached hydrogen (secondary N) is 3. The topological polar surface area (TPSA) is 225 Å². The predicted octanol–water partition coefficient (Wildman–Crippen LogP) is 6.54. The molecule has 392 valence electrons. The Morgan fingerprint density at radius 1 is 1.03 bits per heavy atom. The lowest BCUT2D eigenvalue weighted by atomic mass is 9.80. The van der Waals surface area contributed by atoms with Crippen molar-refractivity contribution in [3.8, 4) is 16.2 Å². The number of alkyl halides is 1. The summed E-state index contributed by atoms with van der Waals surface area (Å²) in [5, 5.41) is 20.2. The lowest BCUT2D eigenvalue weighted by Gasteiger charge is -2.39. The van der Waals surface area contributed by atoms with E-state index in [1.54, 1.807) is 55.7 Å². The highest BCUT2D eigenvalue weighted by Gasteiger charge is 2.53. The number of nitrogens with two attached hydrogens (primary N) is 1. The number of benzene rings is 2. The van der Waals surface area contributed by atoms with E-state index in [1.807, 2.05) is 31.2 Å². The molecule has 5 heterocycles. The van der Waals surface area contributed by atoms with Gasteiger partial charge in [0.1, 0.15) is 28.7 Å². The minimum atomic E-state index is -2.00. The van der Waals surface area contributed by atoms with E-state index in [9.17, 15) is 33.5 Å². The fraction of sp³-hybridized carbons (Fsp3) is 0.538. The van der Waals surface area contributed by atoms with E-state index in [0.29, 0.717) is 59.5 Å². The first-order valence-electron chi connectivity index (χ1n) is 25.0. The van der Waals surface area contributed by atoms with Crippen LogP contribution in [0.15, 0.2) is 64.2 Å². The standard InChI is InChI=1S/C52H66ClFN10O7S2/c1-31-45(72-30-59-31)33-9-10-34(24-58-47(68)37-23-35(65)27-64(37)48(69)46(50(2,3)4)61-49(70)52(54)13-14-52)38(22-33)71-28-43(67)63-17-11-32(12-18-63)21-41(66)60-36-7-6-8-39(44(36)53)73-42-26-56-40(25-57-42)62-19-15-51(5,29-55)16-20-62/h6-10,22,25-26,30,32,35,37,46,65H,11-21,23-24,27-29,55H2,1-5H3,(H,58,68)(H,60,66)(H,61,70)/t35?,37?,46-/m1/s1. The molecule has 0 bridgehead atoms. The first kappa shape index (κ1) is 53.9. The van der Waals surface area contributed by atoms with Crippen LogP contribution in [0, 0.1) is 23.7 Å². The molecule has 5 amide bonds. The molecule has 73 heavy (non-hydrogen) atoms. The summed E-state index contributed by atoms with van der Waals surface area (Å²) in [5.74, 6) is -1.12. The van der Waals surface area contributed by atoms with Crippen LogP contribution in [0.3, 0.4) is 0 Å². The number of aliphatic hydroxyl groups is 1. The molecule has 1 saturated carbocycles. The zero-order valence-corrected chi connectivity index (χ0v) is 44.4. The molecule has 2 unspecified atom stereocenters. The third-order valence-electron chi connectivity index (χ3n) is 14.5. The number of carbonyl (C=O) groups excluding carboxylic acids is 5. The second-order valence-electron chi connectivity index (χ2n) is 21.2. The largest absolute Gasteiger partial charge is 0.483 e. The second-order valence-corrected chi connectivity index (χ2v) is 23.5. The molecule has 0 spiro atoms. The average molecular weight is 1060 g/mol. The van der Waals surface area contributed by atoms with Crippen molar-refractivity contribution in [2.24, 2.45) is 22.5 Å². The fourth-order valence-electron chi connectivity index (χ4n) is 9.46. The van der Waals surface area contributed by atoms with Gasteiger partial charge in [-0.1, -0.05) is 69.3 Å². The van der Waals surface area contributed by atoms with Crippen LogP contribution in [-0.2, 0) is 30.5 Å². The Labute approximate surface area is 438 Å². The van der Waals surface area contributed by atoms with Gasteiger partial charge in [-0.15, -0.1) is 11.3 Å². The Morgan fingerprint density at radius 2 is 1.77 bits per heavy atom. The number of aryl methyl sites for hydroxylation is 1. The Bertz CT molecular complexity index is 2670. The summed E-state index contributed by atoms with van der Waals surface area (Å²) in [4.78, 5) is 88.2. The minimum Gasteiger partial charge on any atom is -0.483 e. The molecule has 21 heteroatoms. The molecule has 17 nitrogen and oxygen atoms in total. The highest BCUT2D eigenvalue weighted by Crippen LogP contribution is 2.41. The monoisotopic (exact) mass is 1060 g/mol. The van der Waals surface area contributed by atoms with E-state index >= 15 is 0 Å². The summed E-state index contributed by atoms with van der Waals surface area (Å²) in [5.41, 5.74) is 7.79.